The van der Waals surface area contributed by atoms with Gasteiger partial charge in [0.05, 0.1) is 23.9 Å². The zero-order valence-electron chi connectivity index (χ0n) is 15.8. The summed E-state index contributed by atoms with van der Waals surface area (Å²) >= 11 is 0. The molecule has 29 heavy (non-hydrogen) atoms. The molecule has 1 aliphatic heterocycles. The zero-order valence-corrected chi connectivity index (χ0v) is 15.8. The maximum Gasteiger partial charge on any atom is 0.159 e. The summed E-state index contributed by atoms with van der Waals surface area (Å²) in [7, 11) is 0. The molecule has 0 amide bonds. The molecule has 0 atom stereocenters. The maximum absolute atomic E-state index is 9.32. The van der Waals surface area contributed by atoms with Gasteiger partial charge in [-0.15, -0.1) is 5.53 Å². The maximum atomic E-state index is 9.32. The zero-order chi connectivity index (χ0) is 20.1. The fourth-order valence-corrected chi connectivity index (χ4v) is 3.19. The minimum absolute atomic E-state index is 0.544. The van der Waals surface area contributed by atoms with E-state index in [0.717, 1.165) is 34.4 Å². The Balaban J connectivity index is 1.61. The first-order valence-electron chi connectivity index (χ1n) is 9.37. The fourth-order valence-electron chi connectivity index (χ4n) is 3.19. The van der Waals surface area contributed by atoms with Crippen molar-refractivity contribution in [2.45, 2.75) is 13.0 Å². The predicted molar refractivity (Wildman–Crippen MR) is 111 cm³/mol. The number of nitrogens with one attached hydrogen (secondary N) is 2. The second-order valence-corrected chi connectivity index (χ2v) is 6.71. The Labute approximate surface area is 169 Å². The largest absolute Gasteiger partial charge is 0.330 e. The quantitative estimate of drug-likeness (QED) is 0.600. The Bertz CT molecular complexity index is 1050. The summed E-state index contributed by atoms with van der Waals surface area (Å²) in [6.45, 7) is 1.11. The highest BCUT2D eigenvalue weighted by atomic mass is 15.7. The molecule has 7 nitrogen and oxygen atoms in total. The van der Waals surface area contributed by atoms with Gasteiger partial charge in [-0.25, -0.2) is 9.97 Å². The van der Waals surface area contributed by atoms with Crippen molar-refractivity contribution in [2.75, 3.05) is 6.54 Å². The summed E-state index contributed by atoms with van der Waals surface area (Å²) in [5.74, 6) is 0.629. The number of rotatable bonds is 6. The van der Waals surface area contributed by atoms with Crippen LogP contribution in [0.15, 0.2) is 67.1 Å². The van der Waals surface area contributed by atoms with E-state index in [-0.39, 0.29) is 0 Å². The molecule has 3 aromatic rings. The molecule has 7 heteroatoms. The number of aromatic nitrogens is 2. The SMILES string of the molecule is N#Cc1ccc(-c2ncc(CCN)cn2)c(CN2C=C(c3ccccc3)NN2)c1. The Morgan fingerprint density at radius 3 is 2.59 bits per heavy atom. The molecule has 0 radical (unpaired) electrons. The molecule has 0 saturated heterocycles. The number of benzene rings is 2. The molecular formula is C22H21N7. The summed E-state index contributed by atoms with van der Waals surface area (Å²) in [6.07, 6.45) is 6.36. The minimum Gasteiger partial charge on any atom is -0.330 e. The van der Waals surface area contributed by atoms with Crippen molar-refractivity contribution in [3.05, 3.63) is 89.4 Å². The highest BCUT2D eigenvalue weighted by Gasteiger charge is 2.16. The third-order valence-electron chi connectivity index (χ3n) is 4.66. The molecule has 4 rings (SSSR count). The number of hydrogen-bond donors (Lipinski definition) is 3. The molecule has 0 unspecified atom stereocenters. The van der Waals surface area contributed by atoms with Crippen molar-refractivity contribution in [3.8, 4) is 17.5 Å². The van der Waals surface area contributed by atoms with Crippen LogP contribution in [-0.2, 0) is 13.0 Å². The van der Waals surface area contributed by atoms with Crippen LogP contribution >= 0.6 is 0 Å². The van der Waals surface area contributed by atoms with Gasteiger partial charge in [0.15, 0.2) is 5.82 Å². The van der Waals surface area contributed by atoms with Gasteiger partial charge in [-0.05, 0) is 42.3 Å². The van der Waals surface area contributed by atoms with Gasteiger partial charge in [-0.3, -0.25) is 5.01 Å². The average molecular weight is 383 g/mol. The number of hydrazine groups is 2. The molecule has 0 spiro atoms. The Hall–Kier alpha value is -3.73. The van der Waals surface area contributed by atoms with Gasteiger partial charge < -0.3 is 11.2 Å². The molecule has 0 saturated carbocycles. The van der Waals surface area contributed by atoms with E-state index in [2.05, 4.69) is 27.0 Å². The Morgan fingerprint density at radius 2 is 1.86 bits per heavy atom. The van der Waals surface area contributed by atoms with Gasteiger partial charge in [-0.2, -0.15) is 5.26 Å². The van der Waals surface area contributed by atoms with Crippen molar-refractivity contribution in [3.63, 3.8) is 0 Å². The molecule has 0 bridgehead atoms. The molecule has 0 fully saturated rings. The standard InChI is InChI=1S/C22H21N7/c23-9-8-17-12-25-22(26-13-17)20-7-6-16(11-24)10-19(20)14-29-15-21(27-28-29)18-4-2-1-3-5-18/h1-7,10,12-13,15,27-28H,8-9,14,23H2. The van der Waals surface area contributed by atoms with Gasteiger partial charge in [-0.1, -0.05) is 30.3 Å². The van der Waals surface area contributed by atoms with Gasteiger partial charge in [0.25, 0.3) is 0 Å². The van der Waals surface area contributed by atoms with E-state index in [9.17, 15) is 5.26 Å². The average Bonchev–Trinajstić information content (AvgIpc) is 3.24. The van der Waals surface area contributed by atoms with Gasteiger partial charge in [0.2, 0.25) is 0 Å². The van der Waals surface area contributed by atoms with Crippen LogP contribution in [0.2, 0.25) is 0 Å². The van der Waals surface area contributed by atoms with Gasteiger partial charge in [0.1, 0.15) is 0 Å². The normalized spacial score (nSPS) is 13.0. The summed E-state index contributed by atoms with van der Waals surface area (Å²) in [5, 5.41) is 11.3. The summed E-state index contributed by atoms with van der Waals surface area (Å²) in [5.41, 5.74) is 17.5. The topological polar surface area (TPSA) is 103 Å². The lowest BCUT2D eigenvalue weighted by Crippen LogP contribution is -2.35. The first kappa shape index (κ1) is 18.6. The fraction of sp³-hybridized carbons (Fsp3) is 0.136. The van der Waals surface area contributed by atoms with E-state index in [1.165, 1.54) is 0 Å². The van der Waals surface area contributed by atoms with Crippen LogP contribution in [0.3, 0.4) is 0 Å². The molecule has 0 aliphatic carbocycles. The van der Waals surface area contributed by atoms with Gasteiger partial charge in [0, 0.05) is 29.7 Å². The molecular weight excluding hydrogens is 362 g/mol. The van der Waals surface area contributed by atoms with Crippen LogP contribution in [0.25, 0.3) is 17.1 Å². The highest BCUT2D eigenvalue weighted by Crippen LogP contribution is 2.24. The molecule has 2 heterocycles. The minimum atomic E-state index is 0.544. The third-order valence-corrected chi connectivity index (χ3v) is 4.66. The Kier molecular flexibility index (Phi) is 5.47. The van der Waals surface area contributed by atoms with Gasteiger partial charge >= 0.3 is 0 Å². The first-order chi connectivity index (χ1) is 14.3. The number of nitrogens with two attached hydrogens (primary N) is 1. The van der Waals surface area contributed by atoms with E-state index < -0.39 is 0 Å². The summed E-state index contributed by atoms with van der Waals surface area (Å²) in [6, 6.07) is 17.9. The van der Waals surface area contributed by atoms with E-state index in [0.29, 0.717) is 24.5 Å². The van der Waals surface area contributed by atoms with E-state index in [4.69, 9.17) is 5.73 Å². The molecule has 1 aliphatic rings. The van der Waals surface area contributed by atoms with Crippen molar-refractivity contribution in [1.82, 2.24) is 25.9 Å². The van der Waals surface area contributed by atoms with Crippen molar-refractivity contribution in [2.24, 2.45) is 5.73 Å². The van der Waals surface area contributed by atoms with Crippen molar-refractivity contribution >= 4 is 5.70 Å². The van der Waals surface area contributed by atoms with Crippen LogP contribution in [-0.4, -0.2) is 21.5 Å². The molecule has 4 N–H and O–H groups in total. The number of nitrogens with zero attached hydrogens (tertiary/aromatic N) is 4. The third kappa shape index (κ3) is 4.24. The lowest BCUT2D eigenvalue weighted by atomic mass is 10.0. The van der Waals surface area contributed by atoms with Crippen LogP contribution in [0.4, 0.5) is 0 Å². The Morgan fingerprint density at radius 1 is 1.07 bits per heavy atom. The number of nitriles is 1. The predicted octanol–water partition coefficient (Wildman–Crippen LogP) is 2.34. The van der Waals surface area contributed by atoms with Crippen molar-refractivity contribution < 1.29 is 0 Å². The van der Waals surface area contributed by atoms with Crippen LogP contribution < -0.4 is 16.7 Å². The summed E-state index contributed by atoms with van der Waals surface area (Å²) in [4.78, 5) is 9.00. The smallest absolute Gasteiger partial charge is 0.159 e. The second kappa shape index (κ2) is 8.52. The van der Waals surface area contributed by atoms with E-state index in [1.54, 1.807) is 18.5 Å². The van der Waals surface area contributed by atoms with E-state index in [1.807, 2.05) is 53.7 Å². The highest BCUT2D eigenvalue weighted by molar-refractivity contribution is 5.65. The summed E-state index contributed by atoms with van der Waals surface area (Å²) < 4.78 is 0. The second-order valence-electron chi connectivity index (χ2n) is 6.71. The van der Waals surface area contributed by atoms with Crippen LogP contribution in [0.1, 0.15) is 22.3 Å². The molecule has 144 valence electrons. The van der Waals surface area contributed by atoms with E-state index >= 15 is 0 Å². The van der Waals surface area contributed by atoms with Crippen molar-refractivity contribution in [1.29, 1.82) is 5.26 Å². The molecule has 1 aromatic heterocycles. The van der Waals surface area contributed by atoms with Crippen LogP contribution in [0.5, 0.6) is 0 Å². The monoisotopic (exact) mass is 383 g/mol. The lowest BCUT2D eigenvalue weighted by Gasteiger charge is -2.17. The molecule has 2 aromatic carbocycles. The lowest BCUT2D eigenvalue weighted by molar-refractivity contribution is 0.265. The number of hydrogen-bond acceptors (Lipinski definition) is 7. The first-order valence-corrected chi connectivity index (χ1v) is 9.37. The van der Waals surface area contributed by atoms with Crippen LogP contribution in [0, 0.1) is 11.3 Å².